The monoisotopic (exact) mass is 481 g/mol. The Kier molecular flexibility index (Phi) is 7.79. The Morgan fingerprint density at radius 1 is 1.35 bits per heavy atom. The molecule has 3 atom stereocenters. The molecule has 0 aromatic heterocycles. The molecule has 1 aliphatic rings. The van der Waals surface area contributed by atoms with Gasteiger partial charge in [-0.25, -0.2) is 4.39 Å². The van der Waals surface area contributed by atoms with Crippen LogP contribution in [0.2, 0.25) is 5.02 Å². The highest BCUT2D eigenvalue weighted by Crippen LogP contribution is 2.38. The second-order valence-electron chi connectivity index (χ2n) is 8.53. The normalized spacial score (nSPS) is 18.5. The minimum Gasteiger partial charge on any atom is -0.333 e. The van der Waals surface area contributed by atoms with E-state index in [4.69, 9.17) is 17.0 Å². The molecule has 2 aromatic carbocycles. The molecule has 7 nitrogen and oxygen atoms in total. The number of hydrogen-bond donors (Lipinski definition) is 2. The first-order valence-corrected chi connectivity index (χ1v) is 11.1. The van der Waals surface area contributed by atoms with E-state index >= 15 is 0 Å². The summed E-state index contributed by atoms with van der Waals surface area (Å²) in [7, 11) is 1.56. The van der Waals surface area contributed by atoms with Crippen LogP contribution in [0.1, 0.15) is 41.3 Å². The Labute approximate surface area is 202 Å². The summed E-state index contributed by atoms with van der Waals surface area (Å²) < 4.78 is 14.1. The summed E-state index contributed by atoms with van der Waals surface area (Å²) in [5, 5.41) is 20.3. The molecule has 176 valence electrons. The zero-order valence-electron chi connectivity index (χ0n) is 19.0. The molecule has 0 saturated heterocycles. The van der Waals surface area contributed by atoms with Crippen molar-refractivity contribution in [2.24, 2.45) is 16.8 Å². The van der Waals surface area contributed by atoms with Gasteiger partial charge >= 0.3 is 0 Å². The number of amides is 2. The number of carbonyl (C=O) groups is 2. The Hall–Kier alpha value is -3.57. The summed E-state index contributed by atoms with van der Waals surface area (Å²) in [5.41, 5.74) is 1.07. The van der Waals surface area contributed by atoms with E-state index in [0.29, 0.717) is 17.8 Å². The molecule has 1 aliphatic heterocycles. The van der Waals surface area contributed by atoms with E-state index in [9.17, 15) is 19.2 Å². The average molecular weight is 482 g/mol. The first-order valence-electron chi connectivity index (χ1n) is 10.7. The highest BCUT2D eigenvalue weighted by Gasteiger charge is 2.46. The fraction of sp³-hybridized carbons (Fsp3) is 0.320. The first kappa shape index (κ1) is 25.1. The average Bonchev–Trinajstić information content (AvgIpc) is 2.78. The van der Waals surface area contributed by atoms with Crippen molar-refractivity contribution >= 4 is 41.5 Å². The number of rotatable bonds is 7. The third-order valence-electron chi connectivity index (χ3n) is 5.59. The quantitative estimate of drug-likeness (QED) is 0.567. The number of carbonyl (C=O) groups excluding carboxylic acids is 2. The summed E-state index contributed by atoms with van der Waals surface area (Å²) in [6.45, 7) is 4.17. The Morgan fingerprint density at radius 2 is 2.09 bits per heavy atom. The van der Waals surface area contributed by atoms with Crippen LogP contribution in [0.25, 0.3) is 0 Å². The molecule has 1 unspecified atom stereocenters. The summed E-state index contributed by atoms with van der Waals surface area (Å²) in [6, 6.07) is 9.51. The number of aliphatic imine (C=N–C) groups is 1. The van der Waals surface area contributed by atoms with Gasteiger partial charge in [-0.05, 0) is 41.8 Å². The van der Waals surface area contributed by atoms with Crippen molar-refractivity contribution in [2.75, 3.05) is 18.9 Å². The second kappa shape index (κ2) is 10.6. The molecule has 0 aliphatic carbocycles. The molecule has 1 heterocycles. The molecule has 0 fully saturated rings. The zero-order chi connectivity index (χ0) is 25.0. The molecule has 0 saturated carbocycles. The summed E-state index contributed by atoms with van der Waals surface area (Å²) in [5.74, 6) is -2.98. The van der Waals surface area contributed by atoms with Gasteiger partial charge in [-0.1, -0.05) is 31.5 Å². The smallest absolute Gasteiger partial charge is 0.254 e. The number of nitriles is 1. The maximum absolute atomic E-state index is 14.1. The van der Waals surface area contributed by atoms with E-state index in [2.05, 4.69) is 10.3 Å². The molecule has 3 rings (SSSR count). The molecule has 2 aromatic rings. The van der Waals surface area contributed by atoms with Crippen molar-refractivity contribution in [3.8, 4) is 6.07 Å². The van der Waals surface area contributed by atoms with Gasteiger partial charge in [-0.2, -0.15) is 5.26 Å². The SMILES string of the molecule is CN=CC(C=N)[C@@H]1[C@@H](C(=O)Nc2cc(Cl)cc(C#N)c2)c2ccc(F)cc2C(=O)N1CC(C)C. The van der Waals surface area contributed by atoms with Gasteiger partial charge in [0.25, 0.3) is 5.91 Å². The maximum Gasteiger partial charge on any atom is 0.254 e. The highest BCUT2D eigenvalue weighted by molar-refractivity contribution is 6.31. The Bertz CT molecular complexity index is 1190. The van der Waals surface area contributed by atoms with Crippen molar-refractivity contribution in [2.45, 2.75) is 25.8 Å². The number of benzene rings is 2. The van der Waals surface area contributed by atoms with Crippen molar-refractivity contribution in [1.82, 2.24) is 4.90 Å². The topological polar surface area (TPSA) is 109 Å². The lowest BCUT2D eigenvalue weighted by Crippen LogP contribution is -2.56. The molecular weight excluding hydrogens is 457 g/mol. The van der Waals surface area contributed by atoms with Gasteiger partial charge in [0.15, 0.2) is 0 Å². The van der Waals surface area contributed by atoms with Gasteiger partial charge in [0, 0.05) is 42.3 Å². The molecule has 0 radical (unpaired) electrons. The van der Waals surface area contributed by atoms with Crippen LogP contribution < -0.4 is 5.32 Å². The van der Waals surface area contributed by atoms with Crippen LogP contribution in [0.4, 0.5) is 10.1 Å². The standard InChI is InChI=1S/C25H25ClFN5O2/c1-14(2)13-32-23(16(11-29)12-30-3)22(20-5-4-18(27)9-21(20)25(32)34)24(33)31-19-7-15(10-28)6-17(26)8-19/h4-9,11-12,14,16,22-23,29H,13H2,1-3H3,(H,31,33)/t16?,22-,23+/m0/s1. The number of anilines is 1. The highest BCUT2D eigenvalue weighted by atomic mass is 35.5. The number of fused-ring (bicyclic) bond motifs is 1. The zero-order valence-corrected chi connectivity index (χ0v) is 19.8. The molecule has 0 spiro atoms. The predicted molar refractivity (Wildman–Crippen MR) is 130 cm³/mol. The fourth-order valence-electron chi connectivity index (χ4n) is 4.31. The van der Waals surface area contributed by atoms with Crippen LogP contribution in [-0.4, -0.2) is 48.8 Å². The Morgan fingerprint density at radius 3 is 2.71 bits per heavy atom. The first-order chi connectivity index (χ1) is 16.2. The van der Waals surface area contributed by atoms with E-state index < -0.39 is 35.5 Å². The number of halogens is 2. The minimum atomic E-state index is -0.929. The lowest BCUT2D eigenvalue weighted by Gasteiger charge is -2.44. The maximum atomic E-state index is 14.1. The van der Waals surface area contributed by atoms with Crippen molar-refractivity contribution in [3.63, 3.8) is 0 Å². The summed E-state index contributed by atoms with van der Waals surface area (Å²) in [6.07, 6.45) is 2.68. The minimum absolute atomic E-state index is 0.0568. The lowest BCUT2D eigenvalue weighted by molar-refractivity contribution is -0.119. The summed E-state index contributed by atoms with van der Waals surface area (Å²) >= 11 is 6.09. The van der Waals surface area contributed by atoms with E-state index in [1.165, 1.54) is 41.4 Å². The van der Waals surface area contributed by atoms with Gasteiger partial charge in [-0.3, -0.25) is 9.59 Å². The van der Waals surface area contributed by atoms with Crippen LogP contribution in [0.3, 0.4) is 0 Å². The molecule has 9 heteroatoms. The van der Waals surface area contributed by atoms with Gasteiger partial charge in [0.2, 0.25) is 5.91 Å². The van der Waals surface area contributed by atoms with Crippen LogP contribution in [-0.2, 0) is 4.79 Å². The van der Waals surface area contributed by atoms with Crippen molar-refractivity contribution in [3.05, 3.63) is 63.9 Å². The van der Waals surface area contributed by atoms with Crippen LogP contribution in [0.15, 0.2) is 41.4 Å². The van der Waals surface area contributed by atoms with Gasteiger partial charge < -0.3 is 20.6 Å². The molecule has 0 bridgehead atoms. The van der Waals surface area contributed by atoms with Gasteiger partial charge in [-0.15, -0.1) is 0 Å². The van der Waals surface area contributed by atoms with E-state index in [1.54, 1.807) is 7.05 Å². The fourth-order valence-corrected chi connectivity index (χ4v) is 4.55. The van der Waals surface area contributed by atoms with Gasteiger partial charge in [0.1, 0.15) is 5.82 Å². The summed E-state index contributed by atoms with van der Waals surface area (Å²) in [4.78, 5) is 32.7. The third kappa shape index (κ3) is 5.15. The lowest BCUT2D eigenvalue weighted by atomic mass is 9.76. The number of nitrogens with zero attached hydrogens (tertiary/aromatic N) is 3. The molecular formula is C25H25ClFN5O2. The Balaban J connectivity index is 2.18. The van der Waals surface area contributed by atoms with Crippen LogP contribution in [0, 0.1) is 34.4 Å². The van der Waals surface area contributed by atoms with Crippen molar-refractivity contribution in [1.29, 1.82) is 10.7 Å². The van der Waals surface area contributed by atoms with E-state index in [-0.39, 0.29) is 22.1 Å². The molecule has 34 heavy (non-hydrogen) atoms. The van der Waals surface area contributed by atoms with Crippen molar-refractivity contribution < 1.29 is 14.0 Å². The second-order valence-corrected chi connectivity index (χ2v) is 8.97. The largest absolute Gasteiger partial charge is 0.333 e. The predicted octanol–water partition coefficient (Wildman–Crippen LogP) is 4.52. The van der Waals surface area contributed by atoms with E-state index in [1.807, 2.05) is 19.9 Å². The molecule has 2 amide bonds. The number of nitrogens with one attached hydrogen (secondary N) is 2. The van der Waals surface area contributed by atoms with Crippen LogP contribution in [0.5, 0.6) is 0 Å². The van der Waals surface area contributed by atoms with E-state index in [0.717, 1.165) is 12.3 Å². The third-order valence-corrected chi connectivity index (χ3v) is 5.81. The van der Waals surface area contributed by atoms with Gasteiger partial charge in [0.05, 0.1) is 29.5 Å². The van der Waals surface area contributed by atoms with Crippen LogP contribution >= 0.6 is 11.6 Å². The molecule has 2 N–H and O–H groups in total. The number of hydrogen-bond acceptors (Lipinski definition) is 5.